The summed E-state index contributed by atoms with van der Waals surface area (Å²) in [6.07, 6.45) is 1.22. The highest BCUT2D eigenvalue weighted by molar-refractivity contribution is 5.63. The third kappa shape index (κ3) is 4.91. The third-order valence-corrected chi connectivity index (χ3v) is 3.47. The fourth-order valence-electron chi connectivity index (χ4n) is 2.19. The van der Waals surface area contributed by atoms with Gasteiger partial charge < -0.3 is 10.1 Å². The highest BCUT2D eigenvalue weighted by Gasteiger charge is 2.08. The van der Waals surface area contributed by atoms with E-state index >= 15 is 0 Å². The molecule has 0 saturated heterocycles. The molecule has 2 rings (SSSR count). The van der Waals surface area contributed by atoms with Gasteiger partial charge in [0.25, 0.3) is 0 Å². The normalized spacial score (nSPS) is 12.4. The van der Waals surface area contributed by atoms with Gasteiger partial charge in [0.15, 0.2) is 0 Å². The first kappa shape index (κ1) is 15.6. The molecule has 0 heterocycles. The van der Waals surface area contributed by atoms with E-state index in [4.69, 9.17) is 4.74 Å². The summed E-state index contributed by atoms with van der Waals surface area (Å²) in [6.45, 7) is 7.35. The van der Waals surface area contributed by atoms with Gasteiger partial charge in [-0.25, -0.2) is 0 Å². The van der Waals surface area contributed by atoms with E-state index in [0.717, 1.165) is 18.7 Å². The Morgan fingerprint density at radius 3 is 2.10 bits per heavy atom. The van der Waals surface area contributed by atoms with Crippen LogP contribution in [0.3, 0.4) is 0 Å². The van der Waals surface area contributed by atoms with E-state index in [0.29, 0.717) is 6.04 Å². The second-order valence-electron chi connectivity index (χ2n) is 5.60. The molecule has 0 aromatic heterocycles. The van der Waals surface area contributed by atoms with Crippen LogP contribution < -0.4 is 10.1 Å². The van der Waals surface area contributed by atoms with Crippen LogP contribution in [0.5, 0.6) is 5.75 Å². The van der Waals surface area contributed by atoms with E-state index in [1.54, 1.807) is 0 Å². The summed E-state index contributed by atoms with van der Waals surface area (Å²) in [5, 5.41) is 3.43. The summed E-state index contributed by atoms with van der Waals surface area (Å²) in [7, 11) is 0. The van der Waals surface area contributed by atoms with Crippen LogP contribution in [0.25, 0.3) is 11.1 Å². The lowest BCUT2D eigenvalue weighted by Gasteiger charge is -2.19. The van der Waals surface area contributed by atoms with E-state index in [9.17, 15) is 0 Å². The van der Waals surface area contributed by atoms with Gasteiger partial charge in [0.05, 0.1) is 0 Å². The van der Waals surface area contributed by atoms with E-state index in [1.165, 1.54) is 11.1 Å². The van der Waals surface area contributed by atoms with E-state index in [2.05, 4.69) is 74.6 Å². The molecule has 0 radical (unpaired) electrons. The summed E-state index contributed by atoms with van der Waals surface area (Å²) in [4.78, 5) is 0. The second-order valence-corrected chi connectivity index (χ2v) is 5.60. The third-order valence-electron chi connectivity index (χ3n) is 3.47. The van der Waals surface area contributed by atoms with Crippen LogP contribution in [0.1, 0.15) is 27.2 Å². The molecule has 0 bridgehead atoms. The minimum Gasteiger partial charge on any atom is -0.489 e. The van der Waals surface area contributed by atoms with E-state index in [1.807, 2.05) is 6.07 Å². The SMILES string of the molecule is CCC(CNC(C)C)Oc1ccc(-c2ccccc2)cc1. The quantitative estimate of drug-likeness (QED) is 0.807. The van der Waals surface area contributed by atoms with E-state index < -0.39 is 0 Å². The van der Waals surface area contributed by atoms with Gasteiger partial charge in [0.2, 0.25) is 0 Å². The van der Waals surface area contributed by atoms with Crippen molar-refractivity contribution in [3.05, 3.63) is 54.6 Å². The molecular weight excluding hydrogens is 258 g/mol. The Balaban J connectivity index is 1.98. The Hall–Kier alpha value is -1.80. The van der Waals surface area contributed by atoms with Crippen molar-refractivity contribution in [3.63, 3.8) is 0 Å². The first-order chi connectivity index (χ1) is 10.2. The maximum absolute atomic E-state index is 6.04. The first-order valence-electron chi connectivity index (χ1n) is 7.74. The zero-order chi connectivity index (χ0) is 15.1. The van der Waals surface area contributed by atoms with Crippen molar-refractivity contribution in [1.29, 1.82) is 0 Å². The fourth-order valence-corrected chi connectivity index (χ4v) is 2.19. The lowest BCUT2D eigenvalue weighted by molar-refractivity contribution is 0.190. The van der Waals surface area contributed by atoms with Crippen molar-refractivity contribution in [2.45, 2.75) is 39.3 Å². The van der Waals surface area contributed by atoms with Gasteiger partial charge in [-0.05, 0) is 29.7 Å². The smallest absolute Gasteiger partial charge is 0.119 e. The Labute approximate surface area is 128 Å². The molecule has 0 aliphatic rings. The average Bonchev–Trinajstić information content (AvgIpc) is 2.52. The molecule has 0 amide bonds. The van der Waals surface area contributed by atoms with Gasteiger partial charge in [-0.3, -0.25) is 0 Å². The number of hydrogen-bond donors (Lipinski definition) is 1. The molecule has 0 spiro atoms. The van der Waals surface area contributed by atoms with Crippen LogP contribution in [0.4, 0.5) is 0 Å². The molecule has 0 fully saturated rings. The second kappa shape index (κ2) is 7.84. The van der Waals surface area contributed by atoms with Crippen LogP contribution >= 0.6 is 0 Å². The monoisotopic (exact) mass is 283 g/mol. The highest BCUT2D eigenvalue weighted by atomic mass is 16.5. The van der Waals surface area contributed by atoms with Crippen molar-refractivity contribution in [2.75, 3.05) is 6.54 Å². The number of ether oxygens (including phenoxy) is 1. The number of nitrogens with one attached hydrogen (secondary N) is 1. The molecule has 112 valence electrons. The molecule has 1 unspecified atom stereocenters. The Morgan fingerprint density at radius 2 is 1.52 bits per heavy atom. The molecule has 0 aliphatic carbocycles. The minimum absolute atomic E-state index is 0.218. The molecule has 1 N–H and O–H groups in total. The van der Waals surface area contributed by atoms with Crippen molar-refractivity contribution in [3.8, 4) is 16.9 Å². The fraction of sp³-hybridized carbons (Fsp3) is 0.368. The van der Waals surface area contributed by atoms with Crippen molar-refractivity contribution >= 4 is 0 Å². The predicted molar refractivity (Wildman–Crippen MR) is 89.7 cm³/mol. The summed E-state index contributed by atoms with van der Waals surface area (Å²) in [5.41, 5.74) is 2.45. The summed E-state index contributed by atoms with van der Waals surface area (Å²) < 4.78 is 6.04. The largest absolute Gasteiger partial charge is 0.489 e. The molecule has 2 nitrogen and oxygen atoms in total. The van der Waals surface area contributed by atoms with Crippen molar-refractivity contribution < 1.29 is 4.74 Å². The summed E-state index contributed by atoms with van der Waals surface area (Å²) >= 11 is 0. The van der Waals surface area contributed by atoms with Crippen LogP contribution in [0, 0.1) is 0 Å². The minimum atomic E-state index is 0.218. The Bertz CT molecular complexity index is 519. The zero-order valence-electron chi connectivity index (χ0n) is 13.2. The van der Waals surface area contributed by atoms with Gasteiger partial charge in [-0.2, -0.15) is 0 Å². The zero-order valence-corrected chi connectivity index (χ0v) is 13.2. The van der Waals surface area contributed by atoms with Crippen molar-refractivity contribution in [1.82, 2.24) is 5.32 Å². The average molecular weight is 283 g/mol. The molecule has 2 aromatic carbocycles. The molecule has 1 atom stereocenters. The molecule has 2 heteroatoms. The van der Waals surface area contributed by atoms with Gasteiger partial charge in [0.1, 0.15) is 11.9 Å². The molecule has 0 aliphatic heterocycles. The van der Waals surface area contributed by atoms with Gasteiger partial charge in [-0.1, -0.05) is 63.2 Å². The molecular formula is C19H25NO. The standard InChI is InChI=1S/C19H25NO/c1-4-18(14-20-15(2)3)21-19-12-10-17(11-13-19)16-8-6-5-7-9-16/h5-13,15,18,20H,4,14H2,1-3H3. The maximum Gasteiger partial charge on any atom is 0.119 e. The van der Waals surface area contributed by atoms with Crippen LogP contribution in [-0.4, -0.2) is 18.7 Å². The molecule has 0 saturated carbocycles. The van der Waals surface area contributed by atoms with Gasteiger partial charge in [-0.15, -0.1) is 0 Å². The van der Waals surface area contributed by atoms with Crippen LogP contribution in [0.15, 0.2) is 54.6 Å². The first-order valence-corrected chi connectivity index (χ1v) is 7.74. The van der Waals surface area contributed by atoms with Crippen LogP contribution in [-0.2, 0) is 0 Å². The van der Waals surface area contributed by atoms with Gasteiger partial charge >= 0.3 is 0 Å². The number of hydrogen-bond acceptors (Lipinski definition) is 2. The molecule has 21 heavy (non-hydrogen) atoms. The Morgan fingerprint density at radius 1 is 0.905 bits per heavy atom. The van der Waals surface area contributed by atoms with Crippen molar-refractivity contribution in [2.24, 2.45) is 0 Å². The van der Waals surface area contributed by atoms with E-state index in [-0.39, 0.29) is 6.10 Å². The molecule has 2 aromatic rings. The predicted octanol–water partition coefficient (Wildman–Crippen LogP) is 4.51. The van der Waals surface area contributed by atoms with Gasteiger partial charge in [0, 0.05) is 12.6 Å². The summed E-state index contributed by atoms with van der Waals surface area (Å²) in [6, 6.07) is 19.2. The van der Waals surface area contributed by atoms with Crippen LogP contribution in [0.2, 0.25) is 0 Å². The number of rotatable bonds is 7. The lowest BCUT2D eigenvalue weighted by atomic mass is 10.1. The highest BCUT2D eigenvalue weighted by Crippen LogP contribution is 2.22. The summed E-state index contributed by atoms with van der Waals surface area (Å²) in [5.74, 6) is 0.937. The lowest BCUT2D eigenvalue weighted by Crippen LogP contribution is -2.34. The topological polar surface area (TPSA) is 21.3 Å². The maximum atomic E-state index is 6.04. The Kier molecular flexibility index (Phi) is 5.82. The number of benzene rings is 2.